The average Bonchev–Trinajstić information content (AvgIpc) is 3.49. The number of aliphatic carboxylic acids is 1. The molecule has 0 saturated carbocycles. The summed E-state index contributed by atoms with van der Waals surface area (Å²) in [5, 5.41) is 9.74. The van der Waals surface area contributed by atoms with Gasteiger partial charge in [0.25, 0.3) is 6.29 Å². The van der Waals surface area contributed by atoms with Crippen LogP contribution in [0.5, 0.6) is 0 Å². The molecule has 0 aliphatic rings. The Hall–Kier alpha value is -3.27. The fourth-order valence-corrected chi connectivity index (χ4v) is 10.4. The van der Waals surface area contributed by atoms with E-state index in [9.17, 15) is 19.5 Å². The summed E-state index contributed by atoms with van der Waals surface area (Å²) < 4.78 is 23.0. The fourth-order valence-electron chi connectivity index (χ4n) is 10.4. The lowest BCUT2D eigenvalue weighted by molar-refractivity contribution is -0.870. The van der Waals surface area contributed by atoms with Gasteiger partial charge in [-0.25, -0.2) is 4.79 Å². The summed E-state index contributed by atoms with van der Waals surface area (Å²) in [6.45, 7) is 4.88. The quantitative estimate of drug-likeness (QED) is 0.0211. The minimum Gasteiger partial charge on any atom is -0.477 e. The van der Waals surface area contributed by atoms with Gasteiger partial charge in [0, 0.05) is 12.8 Å². The van der Waals surface area contributed by atoms with E-state index in [4.69, 9.17) is 18.9 Å². The van der Waals surface area contributed by atoms with Crippen molar-refractivity contribution in [3.63, 3.8) is 0 Å². The third-order valence-electron chi connectivity index (χ3n) is 15.9. The first-order valence-corrected chi connectivity index (χ1v) is 36.1. The highest BCUT2D eigenvalue weighted by Gasteiger charge is 2.25. The van der Waals surface area contributed by atoms with Crippen LogP contribution < -0.4 is 0 Å². The van der Waals surface area contributed by atoms with Crippen molar-refractivity contribution in [3.05, 3.63) is 72.9 Å². The van der Waals surface area contributed by atoms with Gasteiger partial charge in [-0.15, -0.1) is 0 Å². The number of ether oxygens (including phenoxy) is 4. The number of quaternary nitrogens is 1. The van der Waals surface area contributed by atoms with E-state index in [0.29, 0.717) is 11.0 Å². The number of hydrogen-bond donors (Lipinski definition) is 1. The summed E-state index contributed by atoms with van der Waals surface area (Å²) in [5.41, 5.74) is 0. The van der Waals surface area contributed by atoms with Gasteiger partial charge in [-0.05, 0) is 89.9 Å². The number of carbonyl (C=O) groups is 3. The summed E-state index contributed by atoms with van der Waals surface area (Å²) in [4.78, 5) is 37.6. The van der Waals surface area contributed by atoms with Crippen LogP contribution in [0.2, 0.25) is 0 Å². The third kappa shape index (κ3) is 68.1. The largest absolute Gasteiger partial charge is 0.477 e. The monoisotopic (exact) mass is 1190 g/mol. The molecule has 0 radical (unpaired) electrons. The molecule has 494 valence electrons. The van der Waals surface area contributed by atoms with Gasteiger partial charge in [-0.2, -0.15) is 0 Å². The molecule has 0 heterocycles. The minimum absolute atomic E-state index is 0.185. The van der Waals surface area contributed by atoms with Crippen molar-refractivity contribution >= 4 is 17.9 Å². The number of carboxylic acid groups (broad SMARTS) is 1. The first-order valence-electron chi connectivity index (χ1n) is 36.1. The molecule has 0 saturated heterocycles. The molecule has 0 aromatic rings. The van der Waals surface area contributed by atoms with Crippen molar-refractivity contribution in [2.45, 2.75) is 347 Å². The summed E-state index contributed by atoms with van der Waals surface area (Å²) in [6, 6.07) is 0. The average molecular weight is 1190 g/mol. The highest BCUT2D eigenvalue weighted by molar-refractivity contribution is 5.71. The van der Waals surface area contributed by atoms with E-state index in [1.54, 1.807) is 0 Å². The standard InChI is InChI=1S/C76H137NO8/c1-6-8-10-12-14-16-18-20-22-24-26-28-29-30-31-32-33-34-35-36-37-38-39-40-41-42-43-44-45-47-49-51-53-55-57-59-61-63-65-67-74(79)85-72(71-84-76(75(80)81)82-69-68-77(3,4)5)70-83-73(78)66-64-62-60-58-56-54-52-50-48-46-27-25-23-21-19-17-15-13-11-9-7-2/h18-21,24-27,29-30,48,50,72,76H,6-17,22-23,28,31-47,49,51-71H2,1-5H3/p+1/b20-18-,21-19-,26-24-,27-25-,30-29-,50-48-. The second kappa shape index (κ2) is 66.7. The van der Waals surface area contributed by atoms with Crippen molar-refractivity contribution < 1.29 is 42.9 Å². The van der Waals surface area contributed by atoms with Crippen molar-refractivity contribution in [2.24, 2.45) is 0 Å². The summed E-state index contributed by atoms with van der Waals surface area (Å²) in [6.07, 6.45) is 86.0. The zero-order chi connectivity index (χ0) is 61.9. The molecule has 0 aliphatic heterocycles. The summed E-state index contributed by atoms with van der Waals surface area (Å²) in [5.74, 6) is -2.01. The van der Waals surface area contributed by atoms with Gasteiger partial charge in [0.05, 0.1) is 34.4 Å². The number of esters is 2. The molecule has 0 aromatic carbocycles. The lowest BCUT2D eigenvalue weighted by atomic mass is 10.0. The molecule has 0 rings (SSSR count). The van der Waals surface area contributed by atoms with Crippen molar-refractivity contribution in [1.82, 2.24) is 0 Å². The molecular formula is C76H138NO8+. The van der Waals surface area contributed by atoms with Crippen LogP contribution in [0, 0.1) is 0 Å². The number of likely N-dealkylation sites (N-methyl/N-ethyl adjacent to an activating group) is 1. The molecule has 0 amide bonds. The molecule has 0 aromatic heterocycles. The Morgan fingerprint density at radius 3 is 0.941 bits per heavy atom. The van der Waals surface area contributed by atoms with E-state index < -0.39 is 24.3 Å². The van der Waals surface area contributed by atoms with Gasteiger partial charge in [0.1, 0.15) is 13.2 Å². The first kappa shape index (κ1) is 81.7. The number of carboxylic acids is 1. The molecule has 0 fully saturated rings. The van der Waals surface area contributed by atoms with Crippen LogP contribution in [0.1, 0.15) is 335 Å². The van der Waals surface area contributed by atoms with Gasteiger partial charge in [0.15, 0.2) is 6.10 Å². The Balaban J connectivity index is 4.02. The molecule has 9 heteroatoms. The predicted molar refractivity (Wildman–Crippen MR) is 364 cm³/mol. The summed E-state index contributed by atoms with van der Waals surface area (Å²) >= 11 is 0. The van der Waals surface area contributed by atoms with E-state index in [2.05, 4.69) is 86.8 Å². The van der Waals surface area contributed by atoms with Crippen LogP contribution in [0.15, 0.2) is 72.9 Å². The molecule has 1 N–H and O–H groups in total. The van der Waals surface area contributed by atoms with E-state index in [-0.39, 0.29) is 38.6 Å². The second-order valence-corrected chi connectivity index (χ2v) is 25.5. The van der Waals surface area contributed by atoms with Crippen molar-refractivity contribution in [3.8, 4) is 0 Å². The van der Waals surface area contributed by atoms with Gasteiger partial charge in [-0.3, -0.25) is 9.59 Å². The molecule has 0 aliphatic carbocycles. The molecule has 0 spiro atoms. The van der Waals surface area contributed by atoms with Gasteiger partial charge in [-0.1, -0.05) is 305 Å². The Kier molecular flexibility index (Phi) is 64.1. The maximum atomic E-state index is 12.9. The highest BCUT2D eigenvalue weighted by atomic mass is 16.7. The third-order valence-corrected chi connectivity index (χ3v) is 15.9. The number of allylic oxidation sites excluding steroid dienone is 12. The van der Waals surface area contributed by atoms with Gasteiger partial charge in [0.2, 0.25) is 0 Å². The van der Waals surface area contributed by atoms with Crippen LogP contribution in [-0.2, 0) is 33.3 Å². The summed E-state index contributed by atoms with van der Waals surface area (Å²) in [7, 11) is 5.98. The maximum absolute atomic E-state index is 12.9. The lowest BCUT2D eigenvalue weighted by Gasteiger charge is -2.25. The number of carbonyl (C=O) groups excluding carboxylic acids is 2. The number of unbranched alkanes of at least 4 members (excludes halogenated alkanes) is 40. The number of rotatable bonds is 67. The molecule has 0 bridgehead atoms. The van der Waals surface area contributed by atoms with E-state index in [0.717, 1.165) is 77.0 Å². The Bertz CT molecular complexity index is 1620. The van der Waals surface area contributed by atoms with E-state index >= 15 is 0 Å². The lowest BCUT2D eigenvalue weighted by Crippen LogP contribution is -2.40. The Labute approximate surface area is 526 Å². The molecule has 2 unspecified atom stereocenters. The normalized spacial score (nSPS) is 13.1. The number of hydrogen-bond acceptors (Lipinski definition) is 7. The zero-order valence-corrected chi connectivity index (χ0v) is 56.5. The van der Waals surface area contributed by atoms with Crippen LogP contribution in [0.25, 0.3) is 0 Å². The van der Waals surface area contributed by atoms with Crippen LogP contribution in [0.3, 0.4) is 0 Å². The van der Waals surface area contributed by atoms with E-state index in [1.807, 2.05) is 21.1 Å². The van der Waals surface area contributed by atoms with Crippen molar-refractivity contribution in [2.75, 3.05) is 47.5 Å². The molecular weight excluding hydrogens is 1050 g/mol. The molecule has 2 atom stereocenters. The second-order valence-electron chi connectivity index (χ2n) is 25.5. The Morgan fingerprint density at radius 1 is 0.353 bits per heavy atom. The van der Waals surface area contributed by atoms with Crippen molar-refractivity contribution in [1.29, 1.82) is 0 Å². The van der Waals surface area contributed by atoms with Gasteiger partial charge < -0.3 is 28.5 Å². The molecule has 9 nitrogen and oxygen atoms in total. The number of nitrogens with zero attached hydrogens (tertiary/aromatic N) is 1. The van der Waals surface area contributed by atoms with Crippen LogP contribution in [-0.4, -0.2) is 87.4 Å². The fraction of sp³-hybridized carbons (Fsp3) is 0.803. The SMILES string of the molecule is CCCCCCC/C=C\C/C=C\C/C=C\CCCCCCCCCCCCCCCCCCCCCCCCCCC(=O)OC(COC(=O)CCCCCCCC/C=C\C/C=C\C/C=C\CCCCCCC)COC(OCC[N+](C)(C)C)C(=O)O. The first-order chi connectivity index (χ1) is 41.6. The van der Waals surface area contributed by atoms with Crippen LogP contribution >= 0.6 is 0 Å². The minimum atomic E-state index is -1.52. The van der Waals surface area contributed by atoms with E-state index in [1.165, 1.54) is 231 Å². The molecule has 85 heavy (non-hydrogen) atoms. The Morgan fingerprint density at radius 2 is 0.635 bits per heavy atom. The predicted octanol–water partition coefficient (Wildman–Crippen LogP) is 22.5. The maximum Gasteiger partial charge on any atom is 0.361 e. The zero-order valence-electron chi connectivity index (χ0n) is 56.5. The highest BCUT2D eigenvalue weighted by Crippen LogP contribution is 2.18. The van der Waals surface area contributed by atoms with Crippen LogP contribution in [0.4, 0.5) is 0 Å². The smallest absolute Gasteiger partial charge is 0.361 e. The van der Waals surface area contributed by atoms with Gasteiger partial charge >= 0.3 is 17.9 Å². The topological polar surface area (TPSA) is 108 Å².